The van der Waals surface area contributed by atoms with Gasteiger partial charge < -0.3 is 9.84 Å². The third-order valence-electron chi connectivity index (χ3n) is 1.59. The van der Waals surface area contributed by atoms with Gasteiger partial charge in [0.1, 0.15) is 0 Å². The van der Waals surface area contributed by atoms with Crippen LogP contribution in [0.4, 0.5) is 0 Å². The van der Waals surface area contributed by atoms with Crippen LogP contribution in [0.5, 0.6) is 0 Å². The number of aliphatic hydroxyl groups excluding tert-OH is 1. The van der Waals surface area contributed by atoms with E-state index in [-0.39, 0.29) is 17.8 Å². The summed E-state index contributed by atoms with van der Waals surface area (Å²) in [5.41, 5.74) is 0. The van der Waals surface area contributed by atoms with E-state index in [1.165, 1.54) is 0 Å². The van der Waals surface area contributed by atoms with Gasteiger partial charge in [0.2, 0.25) is 10.3 Å². The molecule has 1 aliphatic rings. The SMILES string of the molecule is O=S(=O)=C1CCCC(CO)O1. The van der Waals surface area contributed by atoms with Gasteiger partial charge >= 0.3 is 0 Å². The molecule has 0 aliphatic carbocycles. The second-order valence-corrected chi connectivity index (χ2v) is 3.35. The molecule has 11 heavy (non-hydrogen) atoms. The monoisotopic (exact) mass is 178 g/mol. The standard InChI is InChI=1S/C6H10O4S/c7-4-5-2-1-3-6(10-5)11(8)9/h5,7H,1-4H2. The van der Waals surface area contributed by atoms with Crippen LogP contribution in [-0.4, -0.2) is 31.3 Å². The predicted octanol–water partition coefficient (Wildman–Crippen LogP) is -0.443. The summed E-state index contributed by atoms with van der Waals surface area (Å²) in [6.07, 6.45) is 1.65. The van der Waals surface area contributed by atoms with Gasteiger partial charge in [-0.3, -0.25) is 0 Å². The third-order valence-corrected chi connectivity index (χ3v) is 2.27. The molecule has 0 aromatic heterocycles. The van der Waals surface area contributed by atoms with Crippen LogP contribution in [0.1, 0.15) is 19.3 Å². The minimum absolute atomic E-state index is 0.0790. The number of ether oxygens (including phenoxy) is 1. The first-order valence-corrected chi connectivity index (χ1v) is 4.54. The van der Waals surface area contributed by atoms with Crippen molar-refractivity contribution in [3.63, 3.8) is 0 Å². The van der Waals surface area contributed by atoms with Crippen molar-refractivity contribution in [2.45, 2.75) is 25.4 Å². The summed E-state index contributed by atoms with van der Waals surface area (Å²) in [6.45, 7) is -0.110. The molecule has 1 fully saturated rings. The Morgan fingerprint density at radius 2 is 2.36 bits per heavy atom. The fourth-order valence-corrected chi connectivity index (χ4v) is 1.55. The molecular formula is C6H10O4S. The van der Waals surface area contributed by atoms with E-state index in [2.05, 4.69) is 0 Å². The van der Waals surface area contributed by atoms with Gasteiger partial charge in [-0.2, -0.15) is 8.42 Å². The highest BCUT2D eigenvalue weighted by Crippen LogP contribution is 2.13. The Kier molecular flexibility index (Phi) is 3.04. The Morgan fingerprint density at radius 3 is 2.91 bits per heavy atom. The number of aliphatic hydroxyl groups is 1. The van der Waals surface area contributed by atoms with E-state index in [0.717, 1.165) is 12.8 Å². The molecule has 64 valence electrons. The Morgan fingerprint density at radius 1 is 1.64 bits per heavy atom. The zero-order chi connectivity index (χ0) is 8.27. The van der Waals surface area contributed by atoms with Crippen molar-refractivity contribution in [1.82, 2.24) is 0 Å². The maximum absolute atomic E-state index is 10.4. The first-order valence-electron chi connectivity index (χ1n) is 3.46. The largest absolute Gasteiger partial charge is 0.394 e. The van der Waals surface area contributed by atoms with Crippen LogP contribution in [0.25, 0.3) is 0 Å². The lowest BCUT2D eigenvalue weighted by Gasteiger charge is -2.19. The molecule has 0 aromatic rings. The maximum Gasteiger partial charge on any atom is 0.240 e. The van der Waals surface area contributed by atoms with E-state index in [0.29, 0.717) is 6.42 Å². The predicted molar refractivity (Wildman–Crippen MR) is 39.7 cm³/mol. The van der Waals surface area contributed by atoms with E-state index in [1.807, 2.05) is 0 Å². The molecule has 5 heteroatoms. The molecule has 0 saturated carbocycles. The number of rotatable bonds is 1. The quantitative estimate of drug-likeness (QED) is 0.553. The van der Waals surface area contributed by atoms with Gasteiger partial charge in [-0.1, -0.05) is 0 Å². The van der Waals surface area contributed by atoms with Crippen LogP contribution in [0.3, 0.4) is 0 Å². The molecule has 0 bridgehead atoms. The van der Waals surface area contributed by atoms with E-state index in [1.54, 1.807) is 0 Å². The Labute approximate surface area is 66.3 Å². The van der Waals surface area contributed by atoms with Gasteiger partial charge in [0.25, 0.3) is 0 Å². The van der Waals surface area contributed by atoms with Crippen molar-refractivity contribution in [3.8, 4) is 0 Å². The second-order valence-electron chi connectivity index (χ2n) is 2.42. The molecule has 4 nitrogen and oxygen atoms in total. The molecule has 1 heterocycles. The van der Waals surface area contributed by atoms with Crippen molar-refractivity contribution in [3.05, 3.63) is 0 Å². The highest BCUT2D eigenvalue weighted by molar-refractivity contribution is 7.72. The van der Waals surface area contributed by atoms with Gasteiger partial charge in [-0.05, 0) is 12.8 Å². The van der Waals surface area contributed by atoms with Crippen LogP contribution in [0.15, 0.2) is 0 Å². The van der Waals surface area contributed by atoms with Gasteiger partial charge in [0.05, 0.1) is 12.7 Å². The summed E-state index contributed by atoms with van der Waals surface area (Å²) in [6, 6.07) is 0. The lowest BCUT2D eigenvalue weighted by Crippen LogP contribution is -2.26. The lowest BCUT2D eigenvalue weighted by atomic mass is 10.1. The molecular weight excluding hydrogens is 168 g/mol. The van der Waals surface area contributed by atoms with Crippen LogP contribution in [-0.2, 0) is 15.0 Å². The lowest BCUT2D eigenvalue weighted by molar-refractivity contribution is 0.0845. The Bertz CT molecular complexity index is 246. The van der Waals surface area contributed by atoms with Crippen molar-refractivity contribution >= 4 is 15.3 Å². The first-order chi connectivity index (χ1) is 5.24. The topological polar surface area (TPSA) is 63.6 Å². The summed E-state index contributed by atoms with van der Waals surface area (Å²) in [5, 5.41) is 8.73. The minimum atomic E-state index is -2.24. The van der Waals surface area contributed by atoms with Crippen molar-refractivity contribution in [2.24, 2.45) is 0 Å². The highest BCUT2D eigenvalue weighted by atomic mass is 32.2. The normalized spacial score (nSPS) is 25.2. The van der Waals surface area contributed by atoms with Crippen LogP contribution in [0, 0.1) is 0 Å². The number of hydrogen-bond donors (Lipinski definition) is 1. The summed E-state index contributed by atoms with van der Waals surface area (Å²) in [7, 11) is -2.24. The van der Waals surface area contributed by atoms with Crippen molar-refractivity contribution < 1.29 is 18.3 Å². The van der Waals surface area contributed by atoms with E-state index >= 15 is 0 Å². The van der Waals surface area contributed by atoms with Crippen molar-refractivity contribution in [2.75, 3.05) is 6.61 Å². The van der Waals surface area contributed by atoms with Gasteiger partial charge in [0, 0.05) is 6.42 Å². The second kappa shape index (κ2) is 3.85. The summed E-state index contributed by atoms with van der Waals surface area (Å²) in [4.78, 5) is 0. The molecule has 1 aliphatic heterocycles. The molecule has 1 atom stereocenters. The molecule has 0 spiro atoms. The molecule has 0 radical (unpaired) electrons. The highest BCUT2D eigenvalue weighted by Gasteiger charge is 2.18. The zero-order valence-corrected chi connectivity index (χ0v) is 6.80. The van der Waals surface area contributed by atoms with Crippen LogP contribution < -0.4 is 0 Å². The van der Waals surface area contributed by atoms with E-state index in [9.17, 15) is 8.42 Å². The average molecular weight is 178 g/mol. The molecule has 0 amide bonds. The summed E-state index contributed by atoms with van der Waals surface area (Å²) >= 11 is 0. The maximum atomic E-state index is 10.4. The van der Waals surface area contributed by atoms with Gasteiger partial charge in [-0.25, -0.2) is 0 Å². The van der Waals surface area contributed by atoms with Crippen molar-refractivity contribution in [1.29, 1.82) is 0 Å². The molecule has 1 rings (SSSR count). The fourth-order valence-electron chi connectivity index (χ4n) is 1.03. The van der Waals surface area contributed by atoms with Crippen LogP contribution >= 0.6 is 0 Å². The molecule has 1 unspecified atom stereocenters. The van der Waals surface area contributed by atoms with E-state index in [4.69, 9.17) is 9.84 Å². The minimum Gasteiger partial charge on any atom is -0.394 e. The summed E-state index contributed by atoms with van der Waals surface area (Å²) < 4.78 is 25.7. The third kappa shape index (κ3) is 2.28. The summed E-state index contributed by atoms with van der Waals surface area (Å²) in [5.74, 6) is 0. The van der Waals surface area contributed by atoms with E-state index < -0.39 is 10.3 Å². The van der Waals surface area contributed by atoms with Crippen LogP contribution in [0.2, 0.25) is 0 Å². The van der Waals surface area contributed by atoms with Gasteiger partial charge in [-0.15, -0.1) is 0 Å². The molecule has 1 N–H and O–H groups in total. The Balaban J connectivity index is 2.68. The smallest absolute Gasteiger partial charge is 0.240 e. The fraction of sp³-hybridized carbons (Fsp3) is 0.833. The first kappa shape index (κ1) is 8.70. The molecule has 1 saturated heterocycles. The molecule has 0 aromatic carbocycles. The number of hydrogen-bond acceptors (Lipinski definition) is 4. The van der Waals surface area contributed by atoms with Gasteiger partial charge in [0.15, 0.2) is 5.05 Å². The Hall–Kier alpha value is -0.390. The zero-order valence-electron chi connectivity index (χ0n) is 5.99. The average Bonchev–Trinajstić information content (AvgIpc) is 2.05.